The van der Waals surface area contributed by atoms with Gasteiger partial charge in [0.1, 0.15) is 19.0 Å². The molecular formula is C27H30N2O4. The first kappa shape index (κ1) is 22.8. The van der Waals surface area contributed by atoms with Gasteiger partial charge in [-0.05, 0) is 61.5 Å². The van der Waals surface area contributed by atoms with Crippen molar-refractivity contribution in [2.24, 2.45) is 5.92 Å². The monoisotopic (exact) mass is 446 g/mol. The van der Waals surface area contributed by atoms with E-state index in [0.29, 0.717) is 12.4 Å². The lowest BCUT2D eigenvalue weighted by molar-refractivity contribution is -0.386. The van der Waals surface area contributed by atoms with Crippen LogP contribution in [0.25, 0.3) is 0 Å². The zero-order valence-electron chi connectivity index (χ0n) is 18.8. The van der Waals surface area contributed by atoms with Gasteiger partial charge in [-0.25, -0.2) is 0 Å². The van der Waals surface area contributed by atoms with E-state index in [1.807, 2.05) is 30.3 Å². The Kier molecular flexibility index (Phi) is 7.93. The number of ether oxygens (including phenoxy) is 2. The van der Waals surface area contributed by atoms with Crippen LogP contribution in [0.3, 0.4) is 0 Å². The Balaban J connectivity index is 1.23. The summed E-state index contributed by atoms with van der Waals surface area (Å²) in [7, 11) is 0. The minimum Gasteiger partial charge on any atom is -0.492 e. The average Bonchev–Trinajstić information content (AvgIpc) is 2.85. The van der Waals surface area contributed by atoms with E-state index in [9.17, 15) is 10.1 Å². The lowest BCUT2D eigenvalue weighted by atomic mass is 9.90. The molecule has 0 bridgehead atoms. The molecule has 0 spiro atoms. The maximum absolute atomic E-state index is 11.5. The van der Waals surface area contributed by atoms with Crippen LogP contribution in [0.2, 0.25) is 0 Å². The predicted molar refractivity (Wildman–Crippen MR) is 129 cm³/mol. The first-order valence-electron chi connectivity index (χ1n) is 11.5. The molecule has 1 aliphatic rings. The Hall–Kier alpha value is -3.38. The van der Waals surface area contributed by atoms with Crippen molar-refractivity contribution in [2.45, 2.75) is 25.9 Å². The van der Waals surface area contributed by atoms with Crippen LogP contribution in [0, 0.1) is 16.0 Å². The number of hydrogen-bond donors (Lipinski definition) is 0. The van der Waals surface area contributed by atoms with Crippen molar-refractivity contribution in [3.8, 4) is 11.5 Å². The second-order valence-corrected chi connectivity index (χ2v) is 8.48. The first-order chi connectivity index (χ1) is 16.2. The summed E-state index contributed by atoms with van der Waals surface area (Å²) in [5.41, 5.74) is 2.29. The van der Waals surface area contributed by atoms with Gasteiger partial charge in [0.05, 0.1) is 11.0 Å². The molecule has 0 aliphatic carbocycles. The molecule has 0 aromatic heterocycles. The normalized spacial score (nSPS) is 14.7. The van der Waals surface area contributed by atoms with Gasteiger partial charge in [-0.15, -0.1) is 0 Å². The summed E-state index contributed by atoms with van der Waals surface area (Å²) in [6.07, 6.45) is 3.52. The second kappa shape index (κ2) is 11.5. The van der Waals surface area contributed by atoms with Crippen LogP contribution in [0.1, 0.15) is 24.0 Å². The summed E-state index contributed by atoms with van der Waals surface area (Å²) in [6, 6.07) is 25.1. The van der Waals surface area contributed by atoms with Crippen molar-refractivity contribution in [3.63, 3.8) is 0 Å². The van der Waals surface area contributed by atoms with Crippen LogP contribution in [0.5, 0.6) is 11.5 Å². The lowest BCUT2D eigenvalue weighted by Crippen LogP contribution is -2.37. The SMILES string of the molecule is O=[N+]([O-])c1cc(OCCN2CCC(Cc3ccccc3)CC2)ccc1OCc1ccccc1. The molecular weight excluding hydrogens is 416 g/mol. The van der Waals surface area contributed by atoms with E-state index in [4.69, 9.17) is 9.47 Å². The number of nitrogens with zero attached hydrogens (tertiary/aromatic N) is 2. The van der Waals surface area contributed by atoms with Crippen LogP contribution in [-0.2, 0) is 13.0 Å². The molecule has 172 valence electrons. The number of hydrogen-bond acceptors (Lipinski definition) is 5. The largest absolute Gasteiger partial charge is 0.492 e. The highest BCUT2D eigenvalue weighted by Gasteiger charge is 2.20. The van der Waals surface area contributed by atoms with Crippen molar-refractivity contribution in [2.75, 3.05) is 26.2 Å². The number of nitro benzene ring substituents is 1. The first-order valence-corrected chi connectivity index (χ1v) is 11.5. The van der Waals surface area contributed by atoms with Crippen LogP contribution in [0.15, 0.2) is 78.9 Å². The van der Waals surface area contributed by atoms with Gasteiger partial charge in [0.15, 0.2) is 5.75 Å². The van der Waals surface area contributed by atoms with E-state index >= 15 is 0 Å². The molecule has 33 heavy (non-hydrogen) atoms. The van der Waals surface area contributed by atoms with Crippen LogP contribution in [-0.4, -0.2) is 36.1 Å². The second-order valence-electron chi connectivity index (χ2n) is 8.48. The predicted octanol–water partition coefficient (Wildman–Crippen LogP) is 5.51. The summed E-state index contributed by atoms with van der Waals surface area (Å²) in [5.74, 6) is 1.47. The van der Waals surface area contributed by atoms with E-state index in [2.05, 4.69) is 35.2 Å². The van der Waals surface area contributed by atoms with Crippen molar-refractivity contribution in [1.29, 1.82) is 0 Å². The molecule has 4 rings (SSSR count). The third kappa shape index (κ3) is 6.80. The number of benzene rings is 3. The molecule has 0 atom stereocenters. The molecule has 1 heterocycles. The molecule has 6 nitrogen and oxygen atoms in total. The van der Waals surface area contributed by atoms with Crippen molar-refractivity contribution >= 4 is 5.69 Å². The van der Waals surface area contributed by atoms with Gasteiger partial charge >= 0.3 is 5.69 Å². The maximum Gasteiger partial charge on any atom is 0.314 e. The molecule has 3 aromatic carbocycles. The van der Waals surface area contributed by atoms with Gasteiger partial charge in [0, 0.05) is 6.54 Å². The molecule has 1 saturated heterocycles. The number of nitro groups is 1. The maximum atomic E-state index is 11.5. The fourth-order valence-electron chi connectivity index (χ4n) is 4.24. The fourth-order valence-corrected chi connectivity index (χ4v) is 4.24. The minimum atomic E-state index is -0.426. The van der Waals surface area contributed by atoms with Gasteiger partial charge in [-0.2, -0.15) is 0 Å². The Morgan fingerprint density at radius 2 is 1.55 bits per heavy atom. The zero-order chi connectivity index (χ0) is 22.9. The molecule has 1 fully saturated rings. The van der Waals surface area contributed by atoms with Crippen molar-refractivity contribution in [3.05, 3.63) is 100 Å². The number of rotatable bonds is 10. The lowest BCUT2D eigenvalue weighted by Gasteiger charge is -2.31. The van der Waals surface area contributed by atoms with Gasteiger partial charge < -0.3 is 9.47 Å². The van der Waals surface area contributed by atoms with Gasteiger partial charge in [0.25, 0.3) is 0 Å². The molecule has 6 heteroatoms. The summed E-state index contributed by atoms with van der Waals surface area (Å²) < 4.78 is 11.5. The molecule has 3 aromatic rings. The van der Waals surface area contributed by atoms with Gasteiger partial charge in [0.2, 0.25) is 0 Å². The quantitative estimate of drug-likeness (QED) is 0.304. The summed E-state index contributed by atoms with van der Waals surface area (Å²) >= 11 is 0. The van der Waals surface area contributed by atoms with Crippen molar-refractivity contribution in [1.82, 2.24) is 4.90 Å². The number of piperidine rings is 1. The fraction of sp³-hybridized carbons (Fsp3) is 0.333. The Bertz CT molecular complexity index is 1020. The van der Waals surface area contributed by atoms with E-state index < -0.39 is 4.92 Å². The zero-order valence-corrected chi connectivity index (χ0v) is 18.8. The van der Waals surface area contributed by atoms with E-state index in [-0.39, 0.29) is 18.0 Å². The molecule has 0 radical (unpaired) electrons. The molecule has 0 N–H and O–H groups in total. The average molecular weight is 447 g/mol. The minimum absolute atomic E-state index is 0.0786. The van der Waals surface area contributed by atoms with Crippen molar-refractivity contribution < 1.29 is 14.4 Å². The van der Waals surface area contributed by atoms with Gasteiger partial charge in [-0.1, -0.05) is 60.7 Å². The van der Waals surface area contributed by atoms with Gasteiger partial charge in [-0.3, -0.25) is 15.0 Å². The van der Waals surface area contributed by atoms with Crippen LogP contribution < -0.4 is 9.47 Å². The van der Waals surface area contributed by atoms with Crippen LogP contribution >= 0.6 is 0 Å². The standard InChI is InChI=1S/C27H30N2O4/c30-29(31)26-20-25(11-12-27(26)33-21-24-9-5-2-6-10-24)32-18-17-28-15-13-23(14-16-28)19-22-7-3-1-4-8-22/h1-12,20,23H,13-19,21H2. The Morgan fingerprint density at radius 1 is 0.879 bits per heavy atom. The molecule has 1 aliphatic heterocycles. The number of likely N-dealkylation sites (tertiary alicyclic amines) is 1. The molecule has 0 saturated carbocycles. The van der Waals surface area contributed by atoms with E-state index in [0.717, 1.165) is 37.5 Å². The topological polar surface area (TPSA) is 64.8 Å². The summed E-state index contributed by atoms with van der Waals surface area (Å²) in [4.78, 5) is 13.5. The third-order valence-electron chi connectivity index (χ3n) is 6.11. The Morgan fingerprint density at radius 3 is 2.21 bits per heavy atom. The van der Waals surface area contributed by atoms with Crippen LogP contribution in [0.4, 0.5) is 5.69 Å². The van der Waals surface area contributed by atoms with E-state index in [1.54, 1.807) is 12.1 Å². The summed E-state index contributed by atoms with van der Waals surface area (Å²) in [6.45, 7) is 3.73. The summed E-state index contributed by atoms with van der Waals surface area (Å²) in [5, 5.41) is 11.5. The third-order valence-corrected chi connectivity index (χ3v) is 6.11. The highest BCUT2D eigenvalue weighted by Crippen LogP contribution is 2.32. The van der Waals surface area contributed by atoms with E-state index in [1.165, 1.54) is 24.5 Å². The molecule has 0 amide bonds. The smallest absolute Gasteiger partial charge is 0.314 e. The molecule has 0 unspecified atom stereocenters. The highest BCUT2D eigenvalue weighted by atomic mass is 16.6. The Labute approximate surface area is 194 Å². The highest BCUT2D eigenvalue weighted by molar-refractivity contribution is 5.51.